The summed E-state index contributed by atoms with van der Waals surface area (Å²) in [6.07, 6.45) is 1.20. The number of allylic oxidation sites excluding steroid dienone is 2. The van der Waals surface area contributed by atoms with Crippen LogP contribution >= 0.6 is 0 Å². The van der Waals surface area contributed by atoms with Crippen LogP contribution in [0.5, 0.6) is 0 Å². The van der Waals surface area contributed by atoms with Crippen molar-refractivity contribution in [2.75, 3.05) is 19.7 Å². The minimum absolute atomic E-state index is 0.0127. The van der Waals surface area contributed by atoms with E-state index in [1.165, 1.54) is 13.0 Å². The summed E-state index contributed by atoms with van der Waals surface area (Å²) < 4.78 is 10.7. The van der Waals surface area contributed by atoms with Crippen LogP contribution in [-0.2, 0) is 14.3 Å². The number of nitrogens with one attached hydrogen (secondary N) is 1. The second-order valence-corrected chi connectivity index (χ2v) is 2.99. The molecule has 1 heterocycles. The molecule has 13 heavy (non-hydrogen) atoms. The average molecular weight is 185 g/mol. The second-order valence-electron chi connectivity index (χ2n) is 2.99. The third-order valence-corrected chi connectivity index (χ3v) is 1.62. The first-order chi connectivity index (χ1) is 6.18. The number of ketones is 1. The zero-order valence-corrected chi connectivity index (χ0v) is 8.00. The third-order valence-electron chi connectivity index (χ3n) is 1.62. The van der Waals surface area contributed by atoms with Crippen molar-refractivity contribution in [2.45, 2.75) is 20.1 Å². The van der Waals surface area contributed by atoms with Crippen LogP contribution in [0.25, 0.3) is 0 Å². The average Bonchev–Trinajstić information content (AvgIpc) is 2.04. The number of rotatable bonds is 3. The molecule has 1 saturated heterocycles. The van der Waals surface area contributed by atoms with Crippen molar-refractivity contribution in [1.82, 2.24) is 5.32 Å². The van der Waals surface area contributed by atoms with Gasteiger partial charge in [0, 0.05) is 12.6 Å². The van der Waals surface area contributed by atoms with Gasteiger partial charge in [-0.25, -0.2) is 0 Å². The Kier molecular flexibility index (Phi) is 3.92. The Balaban J connectivity index is 2.33. The SMILES string of the molecule is CC(=O)/C=C(\C)OC1CNCCO1. The van der Waals surface area contributed by atoms with E-state index in [1.54, 1.807) is 6.92 Å². The molecule has 1 N–H and O–H groups in total. The molecule has 1 aliphatic rings. The minimum atomic E-state index is -0.260. The van der Waals surface area contributed by atoms with Crippen molar-refractivity contribution in [1.29, 1.82) is 0 Å². The summed E-state index contributed by atoms with van der Waals surface area (Å²) in [6, 6.07) is 0. The molecular weight excluding hydrogens is 170 g/mol. The molecule has 1 rings (SSSR count). The van der Waals surface area contributed by atoms with Gasteiger partial charge in [-0.05, 0) is 13.8 Å². The van der Waals surface area contributed by atoms with Crippen LogP contribution in [0.3, 0.4) is 0 Å². The van der Waals surface area contributed by atoms with Gasteiger partial charge < -0.3 is 14.8 Å². The molecule has 74 valence electrons. The van der Waals surface area contributed by atoms with Gasteiger partial charge in [0.2, 0.25) is 6.29 Å². The van der Waals surface area contributed by atoms with Gasteiger partial charge in [-0.1, -0.05) is 0 Å². The normalized spacial score (nSPS) is 24.2. The van der Waals surface area contributed by atoms with E-state index < -0.39 is 0 Å². The van der Waals surface area contributed by atoms with Crippen molar-refractivity contribution < 1.29 is 14.3 Å². The van der Waals surface area contributed by atoms with Crippen molar-refractivity contribution >= 4 is 5.78 Å². The summed E-state index contributed by atoms with van der Waals surface area (Å²) in [4.78, 5) is 10.7. The summed E-state index contributed by atoms with van der Waals surface area (Å²) in [5.74, 6) is 0.586. The molecule has 0 aromatic carbocycles. The molecule has 1 fully saturated rings. The Morgan fingerprint density at radius 1 is 1.62 bits per heavy atom. The van der Waals surface area contributed by atoms with Crippen molar-refractivity contribution in [3.8, 4) is 0 Å². The van der Waals surface area contributed by atoms with E-state index in [1.807, 2.05) is 0 Å². The van der Waals surface area contributed by atoms with Gasteiger partial charge in [-0.2, -0.15) is 0 Å². The highest BCUT2D eigenvalue weighted by Gasteiger charge is 2.14. The fourth-order valence-electron chi connectivity index (χ4n) is 1.14. The molecule has 1 aliphatic heterocycles. The topological polar surface area (TPSA) is 47.6 Å². The molecule has 0 aliphatic carbocycles. The number of hydrogen-bond acceptors (Lipinski definition) is 4. The molecule has 1 atom stereocenters. The lowest BCUT2D eigenvalue weighted by atomic mass is 10.4. The molecule has 0 radical (unpaired) electrons. The summed E-state index contributed by atoms with van der Waals surface area (Å²) in [6.45, 7) is 5.42. The maximum Gasteiger partial charge on any atom is 0.211 e. The number of hydrogen-bond donors (Lipinski definition) is 1. The van der Waals surface area contributed by atoms with Crippen LogP contribution in [0.2, 0.25) is 0 Å². The molecular formula is C9H15NO3. The van der Waals surface area contributed by atoms with Gasteiger partial charge >= 0.3 is 0 Å². The van der Waals surface area contributed by atoms with Gasteiger partial charge in [0.15, 0.2) is 5.78 Å². The van der Waals surface area contributed by atoms with Crippen LogP contribution in [0.15, 0.2) is 11.8 Å². The highest BCUT2D eigenvalue weighted by atomic mass is 16.7. The lowest BCUT2D eigenvalue weighted by Crippen LogP contribution is -2.39. The highest BCUT2D eigenvalue weighted by molar-refractivity contribution is 5.87. The summed E-state index contributed by atoms with van der Waals surface area (Å²) in [7, 11) is 0. The first kappa shape index (κ1) is 10.2. The van der Waals surface area contributed by atoms with Crippen LogP contribution in [0.4, 0.5) is 0 Å². The van der Waals surface area contributed by atoms with Gasteiger partial charge in [0.25, 0.3) is 0 Å². The first-order valence-electron chi connectivity index (χ1n) is 4.36. The maximum absolute atomic E-state index is 10.7. The van der Waals surface area contributed by atoms with E-state index in [0.29, 0.717) is 18.9 Å². The smallest absolute Gasteiger partial charge is 0.211 e. The summed E-state index contributed by atoms with van der Waals surface area (Å²) in [5.41, 5.74) is 0. The predicted molar refractivity (Wildman–Crippen MR) is 48.1 cm³/mol. The lowest BCUT2D eigenvalue weighted by Gasteiger charge is -2.24. The molecule has 0 saturated carbocycles. The summed E-state index contributed by atoms with van der Waals surface area (Å²) >= 11 is 0. The Bertz CT molecular complexity index is 207. The van der Waals surface area contributed by atoms with E-state index in [2.05, 4.69) is 5.32 Å². The third kappa shape index (κ3) is 4.05. The highest BCUT2D eigenvalue weighted by Crippen LogP contribution is 2.05. The van der Waals surface area contributed by atoms with Crippen molar-refractivity contribution in [3.63, 3.8) is 0 Å². The molecule has 0 bridgehead atoms. The van der Waals surface area contributed by atoms with Crippen molar-refractivity contribution in [2.24, 2.45) is 0 Å². The van der Waals surface area contributed by atoms with Gasteiger partial charge in [-0.3, -0.25) is 4.79 Å². The molecule has 0 aromatic heterocycles. The molecule has 4 nitrogen and oxygen atoms in total. The second kappa shape index (κ2) is 4.99. The van der Waals surface area contributed by atoms with E-state index >= 15 is 0 Å². The van der Waals surface area contributed by atoms with Crippen LogP contribution in [-0.4, -0.2) is 31.8 Å². The fourth-order valence-corrected chi connectivity index (χ4v) is 1.14. The zero-order valence-electron chi connectivity index (χ0n) is 8.00. The van der Waals surface area contributed by atoms with Crippen LogP contribution in [0, 0.1) is 0 Å². The van der Waals surface area contributed by atoms with Crippen LogP contribution in [0.1, 0.15) is 13.8 Å². The minimum Gasteiger partial charge on any atom is -0.468 e. The Morgan fingerprint density at radius 2 is 2.38 bits per heavy atom. The van der Waals surface area contributed by atoms with Gasteiger partial charge in [0.05, 0.1) is 13.2 Å². The van der Waals surface area contributed by atoms with Crippen LogP contribution < -0.4 is 5.32 Å². The standard InChI is InChI=1S/C9H15NO3/c1-7(11)5-8(2)13-9-6-10-3-4-12-9/h5,9-10H,3-4,6H2,1-2H3/b8-5+. The molecule has 0 spiro atoms. The first-order valence-corrected chi connectivity index (χ1v) is 4.36. The van der Waals surface area contributed by atoms with Gasteiger partial charge in [0.1, 0.15) is 5.76 Å². The maximum atomic E-state index is 10.7. The molecule has 1 unspecified atom stereocenters. The number of carbonyl (C=O) groups excluding carboxylic acids is 1. The van der Waals surface area contributed by atoms with Crippen molar-refractivity contribution in [3.05, 3.63) is 11.8 Å². The largest absolute Gasteiger partial charge is 0.468 e. The fraction of sp³-hybridized carbons (Fsp3) is 0.667. The van der Waals surface area contributed by atoms with E-state index in [0.717, 1.165) is 6.54 Å². The lowest BCUT2D eigenvalue weighted by molar-refractivity contribution is -0.129. The molecule has 0 amide bonds. The molecule has 4 heteroatoms. The van der Waals surface area contributed by atoms with E-state index in [-0.39, 0.29) is 12.1 Å². The number of ether oxygens (including phenoxy) is 2. The molecule has 0 aromatic rings. The van der Waals surface area contributed by atoms with E-state index in [9.17, 15) is 4.79 Å². The van der Waals surface area contributed by atoms with Gasteiger partial charge in [-0.15, -0.1) is 0 Å². The monoisotopic (exact) mass is 185 g/mol. The Labute approximate surface area is 77.9 Å². The zero-order chi connectivity index (χ0) is 9.68. The Hall–Kier alpha value is -0.870. The number of carbonyl (C=O) groups is 1. The van der Waals surface area contributed by atoms with E-state index in [4.69, 9.17) is 9.47 Å². The summed E-state index contributed by atoms with van der Waals surface area (Å²) in [5, 5.41) is 3.13. The quantitative estimate of drug-likeness (QED) is 0.512. The number of morpholine rings is 1. The predicted octanol–water partition coefficient (Wildman–Crippen LogP) is 0.442. The Morgan fingerprint density at radius 3 is 2.92 bits per heavy atom.